The van der Waals surface area contributed by atoms with Crippen LogP contribution in [-0.2, 0) is 10.5 Å². The third-order valence-corrected chi connectivity index (χ3v) is 7.21. The van der Waals surface area contributed by atoms with Crippen LogP contribution in [0.3, 0.4) is 0 Å². The molecule has 2 heterocycles. The van der Waals surface area contributed by atoms with Crippen molar-refractivity contribution in [1.82, 2.24) is 15.2 Å². The van der Waals surface area contributed by atoms with Gasteiger partial charge in [0.05, 0.1) is 11.4 Å². The van der Waals surface area contributed by atoms with E-state index in [0.29, 0.717) is 23.9 Å². The van der Waals surface area contributed by atoms with Crippen LogP contribution in [0.15, 0.2) is 52.9 Å². The van der Waals surface area contributed by atoms with Crippen LogP contribution in [0.2, 0.25) is 5.02 Å². The van der Waals surface area contributed by atoms with Crippen LogP contribution in [0.5, 0.6) is 0 Å². The number of carbonyl (C=O) groups excluding carboxylic acids is 1. The summed E-state index contributed by atoms with van der Waals surface area (Å²) in [4.78, 5) is 21.7. The zero-order valence-corrected chi connectivity index (χ0v) is 21.3. The summed E-state index contributed by atoms with van der Waals surface area (Å²) in [6.07, 6.45) is 0. The number of oxazole rings is 1. The van der Waals surface area contributed by atoms with Gasteiger partial charge >= 0.3 is 0 Å². The second kappa shape index (κ2) is 11.8. The van der Waals surface area contributed by atoms with E-state index in [1.807, 2.05) is 56.3 Å². The number of halogens is 1. The molecule has 0 radical (unpaired) electrons. The van der Waals surface area contributed by atoms with Crippen LogP contribution >= 0.6 is 23.4 Å². The van der Waals surface area contributed by atoms with E-state index in [1.165, 1.54) is 5.69 Å². The molecule has 2 aromatic carbocycles. The SMILES string of the molecule is Cc1ccccc1-c1nc(CSCC(=O)NCCN2CCN(c3cccc(Cl)c3)CC2)c(C)o1. The Hall–Kier alpha value is -2.48. The molecule has 1 aliphatic rings. The third kappa shape index (κ3) is 6.56. The summed E-state index contributed by atoms with van der Waals surface area (Å²) in [6, 6.07) is 16.1. The van der Waals surface area contributed by atoms with E-state index in [4.69, 9.17) is 16.0 Å². The molecule has 0 spiro atoms. The van der Waals surface area contributed by atoms with Gasteiger partial charge < -0.3 is 14.6 Å². The van der Waals surface area contributed by atoms with Gasteiger partial charge in [-0.15, -0.1) is 11.8 Å². The Kier molecular flexibility index (Phi) is 8.53. The molecule has 3 aromatic rings. The molecule has 6 nitrogen and oxygen atoms in total. The molecular formula is C26H31ClN4O2S. The topological polar surface area (TPSA) is 61.6 Å². The Morgan fingerprint density at radius 1 is 1.12 bits per heavy atom. The van der Waals surface area contributed by atoms with E-state index < -0.39 is 0 Å². The number of hydrogen-bond acceptors (Lipinski definition) is 6. The first-order valence-electron chi connectivity index (χ1n) is 11.6. The van der Waals surface area contributed by atoms with Gasteiger partial charge in [0.15, 0.2) is 0 Å². The second-order valence-corrected chi connectivity index (χ2v) is 9.91. The van der Waals surface area contributed by atoms with Gasteiger partial charge in [0.2, 0.25) is 11.8 Å². The Labute approximate surface area is 210 Å². The summed E-state index contributed by atoms with van der Waals surface area (Å²) in [6.45, 7) is 9.39. The number of aromatic nitrogens is 1. The van der Waals surface area contributed by atoms with Crippen molar-refractivity contribution in [3.63, 3.8) is 0 Å². The average Bonchev–Trinajstić information content (AvgIpc) is 3.20. The van der Waals surface area contributed by atoms with Gasteiger partial charge in [-0.05, 0) is 43.7 Å². The maximum Gasteiger partial charge on any atom is 0.230 e. The van der Waals surface area contributed by atoms with Crippen LogP contribution in [0, 0.1) is 13.8 Å². The lowest BCUT2D eigenvalue weighted by molar-refractivity contribution is -0.118. The minimum absolute atomic E-state index is 0.0582. The Balaban J connectivity index is 1.14. The molecule has 1 amide bonds. The third-order valence-electron chi connectivity index (χ3n) is 6.04. The van der Waals surface area contributed by atoms with Crippen molar-refractivity contribution >= 4 is 35.0 Å². The Morgan fingerprint density at radius 3 is 2.68 bits per heavy atom. The minimum atomic E-state index is 0.0582. The second-order valence-electron chi connectivity index (χ2n) is 8.49. The highest BCUT2D eigenvalue weighted by Gasteiger charge is 2.17. The highest BCUT2D eigenvalue weighted by Crippen LogP contribution is 2.26. The smallest absolute Gasteiger partial charge is 0.230 e. The quantitative estimate of drug-likeness (QED) is 0.458. The van der Waals surface area contributed by atoms with Gasteiger partial charge in [0, 0.05) is 61.3 Å². The molecular weight excluding hydrogens is 468 g/mol. The van der Waals surface area contributed by atoms with Crippen molar-refractivity contribution in [1.29, 1.82) is 0 Å². The number of piperazine rings is 1. The van der Waals surface area contributed by atoms with E-state index in [-0.39, 0.29) is 5.91 Å². The van der Waals surface area contributed by atoms with Gasteiger partial charge in [0.1, 0.15) is 5.76 Å². The van der Waals surface area contributed by atoms with Crippen molar-refractivity contribution in [2.75, 3.05) is 49.9 Å². The average molecular weight is 499 g/mol. The largest absolute Gasteiger partial charge is 0.441 e. The summed E-state index contributed by atoms with van der Waals surface area (Å²) in [5, 5.41) is 3.81. The van der Waals surface area contributed by atoms with Gasteiger partial charge in [-0.2, -0.15) is 0 Å². The molecule has 0 atom stereocenters. The van der Waals surface area contributed by atoms with Crippen LogP contribution in [0.4, 0.5) is 5.69 Å². The lowest BCUT2D eigenvalue weighted by atomic mass is 10.1. The zero-order valence-electron chi connectivity index (χ0n) is 19.7. The number of nitrogens with zero attached hydrogens (tertiary/aromatic N) is 3. The maximum absolute atomic E-state index is 12.3. The number of thioether (sulfide) groups is 1. The van der Waals surface area contributed by atoms with E-state index in [2.05, 4.69) is 26.2 Å². The predicted octanol–water partition coefficient (Wildman–Crippen LogP) is 4.78. The number of nitrogens with one attached hydrogen (secondary N) is 1. The van der Waals surface area contributed by atoms with Gasteiger partial charge in [0.25, 0.3) is 0 Å². The van der Waals surface area contributed by atoms with Crippen molar-refractivity contribution in [3.8, 4) is 11.5 Å². The Morgan fingerprint density at radius 2 is 1.91 bits per heavy atom. The van der Waals surface area contributed by atoms with Crippen molar-refractivity contribution in [2.45, 2.75) is 19.6 Å². The van der Waals surface area contributed by atoms with Crippen LogP contribution in [0.1, 0.15) is 17.0 Å². The number of rotatable bonds is 9. The van der Waals surface area contributed by atoms with Crippen LogP contribution in [-0.4, -0.2) is 60.8 Å². The molecule has 4 rings (SSSR count). The molecule has 1 fully saturated rings. The first kappa shape index (κ1) is 24.6. The molecule has 180 valence electrons. The zero-order chi connectivity index (χ0) is 23.9. The normalized spacial score (nSPS) is 14.4. The van der Waals surface area contributed by atoms with Gasteiger partial charge in [-0.1, -0.05) is 35.9 Å². The number of hydrogen-bond donors (Lipinski definition) is 1. The number of amides is 1. The highest BCUT2D eigenvalue weighted by atomic mass is 35.5. The summed E-state index contributed by atoms with van der Waals surface area (Å²) in [7, 11) is 0. The molecule has 1 aliphatic heterocycles. The summed E-state index contributed by atoms with van der Waals surface area (Å²) < 4.78 is 5.87. The molecule has 0 bridgehead atoms. The van der Waals surface area contributed by atoms with Crippen molar-refractivity contribution in [3.05, 3.63) is 70.6 Å². The number of anilines is 1. The lowest BCUT2D eigenvalue weighted by Gasteiger charge is -2.36. The molecule has 0 unspecified atom stereocenters. The van der Waals surface area contributed by atoms with E-state index in [0.717, 1.165) is 60.3 Å². The molecule has 1 aromatic heterocycles. The standard InChI is InChI=1S/C26H31ClN4O2S/c1-19-6-3-4-9-23(19)26-29-24(20(2)33-26)17-34-18-25(32)28-10-11-30-12-14-31(15-13-30)22-8-5-7-21(27)16-22/h3-9,16H,10-15,17-18H2,1-2H3,(H,28,32). The van der Waals surface area contributed by atoms with Crippen molar-refractivity contribution < 1.29 is 9.21 Å². The maximum atomic E-state index is 12.3. The molecule has 34 heavy (non-hydrogen) atoms. The fourth-order valence-electron chi connectivity index (χ4n) is 4.04. The van der Waals surface area contributed by atoms with Crippen molar-refractivity contribution in [2.24, 2.45) is 0 Å². The molecule has 8 heteroatoms. The fraction of sp³-hybridized carbons (Fsp3) is 0.385. The molecule has 0 aliphatic carbocycles. The Bertz CT molecular complexity index is 1110. The van der Waals surface area contributed by atoms with Crippen LogP contribution < -0.4 is 10.2 Å². The van der Waals surface area contributed by atoms with Gasteiger partial charge in [-0.25, -0.2) is 4.98 Å². The number of benzene rings is 2. The molecule has 0 saturated carbocycles. The highest BCUT2D eigenvalue weighted by molar-refractivity contribution is 7.99. The summed E-state index contributed by atoms with van der Waals surface area (Å²) in [5.41, 5.74) is 4.21. The summed E-state index contributed by atoms with van der Waals surface area (Å²) >= 11 is 7.68. The first-order chi connectivity index (χ1) is 16.5. The van der Waals surface area contributed by atoms with E-state index in [9.17, 15) is 4.79 Å². The van der Waals surface area contributed by atoms with E-state index in [1.54, 1.807) is 11.8 Å². The lowest BCUT2D eigenvalue weighted by Crippen LogP contribution is -2.48. The number of carbonyl (C=O) groups is 1. The molecule has 1 saturated heterocycles. The minimum Gasteiger partial charge on any atom is -0.441 e. The number of aryl methyl sites for hydroxylation is 2. The molecule has 1 N–H and O–H groups in total. The predicted molar refractivity (Wildman–Crippen MR) is 141 cm³/mol. The van der Waals surface area contributed by atoms with E-state index >= 15 is 0 Å². The monoisotopic (exact) mass is 498 g/mol. The van der Waals surface area contributed by atoms with Gasteiger partial charge in [-0.3, -0.25) is 9.69 Å². The summed E-state index contributed by atoms with van der Waals surface area (Å²) in [5.74, 6) is 2.58. The first-order valence-corrected chi connectivity index (χ1v) is 13.1. The fourth-order valence-corrected chi connectivity index (χ4v) is 5.07. The van der Waals surface area contributed by atoms with Crippen LogP contribution in [0.25, 0.3) is 11.5 Å².